The van der Waals surface area contributed by atoms with Gasteiger partial charge in [-0.1, -0.05) is 30.3 Å². The Labute approximate surface area is 148 Å². The van der Waals surface area contributed by atoms with Gasteiger partial charge in [-0.25, -0.2) is 9.78 Å². The van der Waals surface area contributed by atoms with Crippen LogP contribution in [0, 0.1) is 0 Å². The number of piperidine rings is 1. The van der Waals surface area contributed by atoms with Crippen LogP contribution in [0.2, 0.25) is 0 Å². The highest BCUT2D eigenvalue weighted by atomic mass is 16.6. The summed E-state index contributed by atoms with van der Waals surface area (Å²) in [6, 6.07) is 9.75. The number of hydrogen-bond acceptors (Lipinski definition) is 4. The van der Waals surface area contributed by atoms with E-state index in [2.05, 4.69) is 9.55 Å². The maximum absolute atomic E-state index is 12.4. The highest BCUT2D eigenvalue weighted by Crippen LogP contribution is 2.26. The van der Waals surface area contributed by atoms with E-state index >= 15 is 0 Å². The van der Waals surface area contributed by atoms with Gasteiger partial charge in [-0.15, -0.1) is 0 Å². The lowest BCUT2D eigenvalue weighted by Crippen LogP contribution is -2.40. The molecule has 1 amide bonds. The minimum absolute atomic E-state index is 0.241. The molecule has 1 fully saturated rings. The summed E-state index contributed by atoms with van der Waals surface area (Å²) < 4.78 is 12.7. The molecule has 0 saturated carbocycles. The van der Waals surface area contributed by atoms with Gasteiger partial charge in [0.15, 0.2) is 0 Å². The van der Waals surface area contributed by atoms with E-state index in [9.17, 15) is 4.79 Å². The first-order valence-corrected chi connectivity index (χ1v) is 8.73. The molecule has 1 aliphatic heterocycles. The maximum Gasteiger partial charge on any atom is 0.410 e. The molecule has 0 spiro atoms. The molecule has 2 aromatic rings. The molecule has 0 bridgehead atoms. The molecule has 1 aromatic carbocycles. The second-order valence-corrected chi connectivity index (χ2v) is 6.30. The van der Waals surface area contributed by atoms with Crippen molar-refractivity contribution >= 4 is 6.09 Å². The average Bonchev–Trinajstić information content (AvgIpc) is 3.14. The number of benzene rings is 1. The van der Waals surface area contributed by atoms with Crippen LogP contribution in [0.5, 0.6) is 0 Å². The molecule has 1 atom stereocenters. The fourth-order valence-corrected chi connectivity index (χ4v) is 3.22. The van der Waals surface area contributed by atoms with Crippen LogP contribution >= 0.6 is 0 Å². The summed E-state index contributed by atoms with van der Waals surface area (Å²) in [6.45, 7) is 3.13. The largest absolute Gasteiger partial charge is 0.445 e. The standard InChI is InChI=1S/C19H25N3O3/c1-24-13-12-21-11-9-20-18(21)17-8-5-10-22(14-17)19(23)25-15-16-6-3-2-4-7-16/h2-4,6-7,9,11,17H,5,8,10,12-15H2,1H3/t17-/m0/s1. The number of likely N-dealkylation sites (tertiary alicyclic amines) is 1. The van der Waals surface area contributed by atoms with Gasteiger partial charge in [0.2, 0.25) is 0 Å². The predicted octanol–water partition coefficient (Wildman–Crippen LogP) is 3.05. The molecule has 6 heteroatoms. The number of carbonyl (C=O) groups excluding carboxylic acids is 1. The zero-order valence-corrected chi connectivity index (χ0v) is 14.6. The zero-order chi connectivity index (χ0) is 17.5. The van der Waals surface area contributed by atoms with Crippen LogP contribution in [0.4, 0.5) is 4.79 Å². The first-order chi connectivity index (χ1) is 12.3. The number of carbonyl (C=O) groups is 1. The Morgan fingerprint density at radius 2 is 2.16 bits per heavy atom. The highest BCUT2D eigenvalue weighted by molar-refractivity contribution is 5.67. The number of aromatic nitrogens is 2. The van der Waals surface area contributed by atoms with Crippen molar-refractivity contribution in [3.05, 3.63) is 54.1 Å². The molecule has 0 radical (unpaired) electrons. The molecule has 3 rings (SSSR count). The predicted molar refractivity (Wildman–Crippen MR) is 94.3 cm³/mol. The molecule has 2 heterocycles. The minimum atomic E-state index is -0.247. The first kappa shape index (κ1) is 17.5. The molecule has 0 unspecified atom stereocenters. The molecular formula is C19H25N3O3. The Hall–Kier alpha value is -2.34. The van der Waals surface area contributed by atoms with E-state index in [1.807, 2.05) is 42.7 Å². The number of methoxy groups -OCH3 is 1. The first-order valence-electron chi connectivity index (χ1n) is 8.73. The molecule has 0 N–H and O–H groups in total. The lowest BCUT2D eigenvalue weighted by atomic mass is 9.97. The minimum Gasteiger partial charge on any atom is -0.445 e. The topological polar surface area (TPSA) is 56.6 Å². The van der Waals surface area contributed by atoms with E-state index in [-0.39, 0.29) is 12.0 Å². The number of hydrogen-bond donors (Lipinski definition) is 0. The number of nitrogens with zero attached hydrogens (tertiary/aromatic N) is 3. The van der Waals surface area contributed by atoms with Crippen molar-refractivity contribution in [3.63, 3.8) is 0 Å². The van der Waals surface area contributed by atoms with Gasteiger partial charge in [0.25, 0.3) is 0 Å². The van der Waals surface area contributed by atoms with E-state index in [0.29, 0.717) is 19.8 Å². The number of ether oxygens (including phenoxy) is 2. The van der Waals surface area contributed by atoms with Crippen LogP contribution in [-0.2, 0) is 22.6 Å². The van der Waals surface area contributed by atoms with Crippen LogP contribution in [0.3, 0.4) is 0 Å². The third-order valence-corrected chi connectivity index (χ3v) is 4.53. The number of rotatable bonds is 6. The smallest absolute Gasteiger partial charge is 0.410 e. The van der Waals surface area contributed by atoms with E-state index in [1.165, 1.54) is 0 Å². The quantitative estimate of drug-likeness (QED) is 0.809. The second-order valence-electron chi connectivity index (χ2n) is 6.30. The summed E-state index contributed by atoms with van der Waals surface area (Å²) in [4.78, 5) is 18.7. The van der Waals surface area contributed by atoms with Gasteiger partial charge in [0, 0.05) is 45.1 Å². The molecule has 1 saturated heterocycles. The van der Waals surface area contributed by atoms with Gasteiger partial charge in [-0.05, 0) is 18.4 Å². The summed E-state index contributed by atoms with van der Waals surface area (Å²) in [6.07, 6.45) is 5.54. The van der Waals surface area contributed by atoms with Gasteiger partial charge in [0.1, 0.15) is 12.4 Å². The maximum atomic E-state index is 12.4. The van der Waals surface area contributed by atoms with Crippen molar-refractivity contribution in [2.45, 2.75) is 31.9 Å². The van der Waals surface area contributed by atoms with Crippen molar-refractivity contribution in [2.75, 3.05) is 26.8 Å². The Kier molecular flexibility index (Phi) is 6.06. The van der Waals surface area contributed by atoms with E-state index in [4.69, 9.17) is 9.47 Å². The Balaban J connectivity index is 1.57. The molecule has 134 valence electrons. The van der Waals surface area contributed by atoms with E-state index in [1.54, 1.807) is 12.0 Å². The molecular weight excluding hydrogens is 318 g/mol. The summed E-state index contributed by atoms with van der Waals surface area (Å²) in [5, 5.41) is 0. The monoisotopic (exact) mass is 343 g/mol. The number of amides is 1. The van der Waals surface area contributed by atoms with Crippen LogP contribution in [0.25, 0.3) is 0 Å². The third kappa shape index (κ3) is 4.60. The van der Waals surface area contributed by atoms with Crippen molar-refractivity contribution < 1.29 is 14.3 Å². The summed E-state index contributed by atoms with van der Waals surface area (Å²) in [7, 11) is 1.70. The third-order valence-electron chi connectivity index (χ3n) is 4.53. The van der Waals surface area contributed by atoms with Crippen molar-refractivity contribution in [2.24, 2.45) is 0 Å². The average molecular weight is 343 g/mol. The van der Waals surface area contributed by atoms with Crippen LogP contribution < -0.4 is 0 Å². The van der Waals surface area contributed by atoms with E-state index in [0.717, 1.165) is 37.3 Å². The Morgan fingerprint density at radius 1 is 1.32 bits per heavy atom. The molecule has 25 heavy (non-hydrogen) atoms. The fraction of sp³-hybridized carbons (Fsp3) is 0.474. The van der Waals surface area contributed by atoms with Crippen LogP contribution in [0.15, 0.2) is 42.7 Å². The van der Waals surface area contributed by atoms with Gasteiger partial charge in [0.05, 0.1) is 6.61 Å². The summed E-state index contributed by atoms with van der Waals surface area (Å²) in [5.74, 6) is 1.27. The van der Waals surface area contributed by atoms with Crippen LogP contribution in [0.1, 0.15) is 30.1 Å². The second kappa shape index (κ2) is 8.67. The van der Waals surface area contributed by atoms with Crippen molar-refractivity contribution in [3.8, 4) is 0 Å². The Morgan fingerprint density at radius 3 is 2.96 bits per heavy atom. The fourth-order valence-electron chi connectivity index (χ4n) is 3.22. The molecule has 0 aliphatic carbocycles. The molecule has 1 aliphatic rings. The Bertz CT molecular complexity index is 672. The normalized spacial score (nSPS) is 17.5. The SMILES string of the molecule is COCCn1ccnc1[C@H]1CCCN(C(=O)OCc2ccccc2)C1. The lowest BCUT2D eigenvalue weighted by Gasteiger charge is -2.32. The van der Waals surface area contributed by atoms with Gasteiger partial charge >= 0.3 is 6.09 Å². The van der Waals surface area contributed by atoms with Crippen molar-refractivity contribution in [1.82, 2.24) is 14.5 Å². The van der Waals surface area contributed by atoms with E-state index < -0.39 is 0 Å². The van der Waals surface area contributed by atoms with Crippen molar-refractivity contribution in [1.29, 1.82) is 0 Å². The van der Waals surface area contributed by atoms with Gasteiger partial charge in [-0.3, -0.25) is 0 Å². The van der Waals surface area contributed by atoms with Crippen LogP contribution in [-0.4, -0.2) is 47.4 Å². The summed E-state index contributed by atoms with van der Waals surface area (Å²) in [5.41, 5.74) is 1.000. The lowest BCUT2D eigenvalue weighted by molar-refractivity contribution is 0.0849. The molecule has 1 aromatic heterocycles. The summed E-state index contributed by atoms with van der Waals surface area (Å²) >= 11 is 0. The zero-order valence-electron chi connectivity index (χ0n) is 14.6. The van der Waals surface area contributed by atoms with Gasteiger partial charge < -0.3 is 18.9 Å². The highest BCUT2D eigenvalue weighted by Gasteiger charge is 2.28. The molecule has 6 nitrogen and oxygen atoms in total. The number of imidazole rings is 1. The van der Waals surface area contributed by atoms with Gasteiger partial charge in [-0.2, -0.15) is 0 Å².